The number of allylic oxidation sites excluding steroid dienone is 3. The van der Waals surface area contributed by atoms with Crippen molar-refractivity contribution in [2.75, 3.05) is 35.5 Å². The van der Waals surface area contributed by atoms with Gasteiger partial charge in [-0.05, 0) is 23.3 Å². The molecule has 22 heteroatoms. The van der Waals surface area contributed by atoms with Gasteiger partial charge in [-0.2, -0.15) is 0 Å². The molecule has 0 aliphatic carbocycles. The van der Waals surface area contributed by atoms with Gasteiger partial charge in [0.2, 0.25) is 0 Å². The summed E-state index contributed by atoms with van der Waals surface area (Å²) in [6.07, 6.45) is 4.98. The van der Waals surface area contributed by atoms with Crippen molar-refractivity contribution in [1.82, 2.24) is 47.0 Å². The quantitative estimate of drug-likeness (QED) is 0.160. The van der Waals surface area contributed by atoms with Crippen LogP contribution < -0.4 is 57.6 Å². The van der Waals surface area contributed by atoms with Crippen LogP contribution in [0.3, 0.4) is 0 Å². The largest absolute Gasteiger partial charge is 0.504 e. The molecule has 0 spiro atoms. The Bertz CT molecular complexity index is 3620. The molecular weight excluding hydrogens is 873 g/mol. The Labute approximate surface area is 378 Å². The van der Waals surface area contributed by atoms with Gasteiger partial charge in [-0.25, -0.2) is 57.0 Å². The van der Waals surface area contributed by atoms with Crippen LogP contribution >= 0.6 is 0 Å². The number of phenols is 1. The number of benzene rings is 3. The molecule has 4 aromatic heterocycles. The van der Waals surface area contributed by atoms with E-state index in [9.17, 15) is 33.9 Å². The van der Waals surface area contributed by atoms with E-state index in [1.165, 1.54) is 69.5 Å². The third-order valence-electron chi connectivity index (χ3n) is 12.5. The normalized spacial score (nSPS) is 15.4. The molecule has 0 radical (unpaired) electrons. The number of nitrogens with zero attached hydrogens (tertiary/aromatic N) is 10. The zero-order valence-electron chi connectivity index (χ0n) is 37.6. The van der Waals surface area contributed by atoms with Gasteiger partial charge in [-0.1, -0.05) is 24.3 Å². The first kappa shape index (κ1) is 43.9. The van der Waals surface area contributed by atoms with Crippen LogP contribution in [0.25, 0.3) is 28.1 Å². The minimum atomic E-state index is -0.950. The van der Waals surface area contributed by atoms with E-state index in [4.69, 9.17) is 23.7 Å². The van der Waals surface area contributed by atoms with Crippen molar-refractivity contribution in [3.63, 3.8) is 0 Å². The number of ether oxygens (including phenoxy) is 5. The van der Waals surface area contributed by atoms with Crippen LogP contribution in [0.2, 0.25) is 0 Å². The minimum absolute atomic E-state index is 0.0465. The van der Waals surface area contributed by atoms with E-state index in [0.717, 1.165) is 9.13 Å². The molecule has 2 aliphatic heterocycles. The topological polar surface area (TPSA) is 234 Å². The lowest BCUT2D eigenvalue weighted by Gasteiger charge is -2.36. The molecule has 7 aromatic rings. The summed E-state index contributed by atoms with van der Waals surface area (Å²) in [5.74, 6) is 1.76. The van der Waals surface area contributed by atoms with Crippen molar-refractivity contribution in [1.29, 1.82) is 0 Å². The smallest absolute Gasteiger partial charge is 0.348 e. The number of hydrogen-bond donors (Lipinski definition) is 1. The molecular formula is C45H46N10O12. The standard InChI is InChI=1S/C45H46N10O12/c1-48-31-21-38(66-6)36(64-4)19-28(31)46-26(40(48)57)13-15-50-42(59)52-17-12-25-30(10-8-24-9-11-34(56)35(18-24)63-3)54-44(61)51(43(60)53(54)23-33(25)55(52)45(50)62)16-14-27-41(58)49(2)32-22-39(67-7)37(65-5)20-29(32)47-27/h8-12,18-22,30,33,56H,13-17,23H2,1-7H3/t30-,33+/m0/s1. The summed E-state index contributed by atoms with van der Waals surface area (Å²) in [7, 11) is 10.5. The maximum Gasteiger partial charge on any atom is 0.348 e. The SMILES string of the molecule is COc1cc(C=C[C@H]2C3=CCn4c(=O)n(CCc5nc6cc(OC)c(OC)cc6n(C)c5=O)c(=O)n4[C@@H]3Cn3c(=O)n(CCc4nc5cc(OC)c(OC)cc5n(C)c4=O)c(=O)n32)ccc1O. The highest BCUT2D eigenvalue weighted by atomic mass is 16.5. The first-order chi connectivity index (χ1) is 32.2. The molecule has 3 aromatic carbocycles. The van der Waals surface area contributed by atoms with Crippen molar-refractivity contribution in [3.05, 3.63) is 140 Å². The van der Waals surface area contributed by atoms with Crippen molar-refractivity contribution in [2.45, 2.75) is 51.1 Å². The van der Waals surface area contributed by atoms with Gasteiger partial charge in [0.1, 0.15) is 11.4 Å². The Morgan fingerprint density at radius 2 is 1.12 bits per heavy atom. The molecule has 348 valence electrons. The number of aromatic hydroxyl groups is 1. The molecule has 0 saturated heterocycles. The second-order valence-corrected chi connectivity index (χ2v) is 16.0. The average Bonchev–Trinajstić information content (AvgIpc) is 3.73. The van der Waals surface area contributed by atoms with Gasteiger partial charge in [0, 0.05) is 64.3 Å². The van der Waals surface area contributed by atoms with E-state index < -0.39 is 46.0 Å². The van der Waals surface area contributed by atoms with Crippen LogP contribution in [0.5, 0.6) is 34.5 Å². The lowest BCUT2D eigenvalue weighted by molar-refractivity contribution is 0.249. The molecule has 67 heavy (non-hydrogen) atoms. The van der Waals surface area contributed by atoms with E-state index in [1.54, 1.807) is 68.7 Å². The Kier molecular flexibility index (Phi) is 11.1. The Morgan fingerprint density at radius 1 is 0.627 bits per heavy atom. The van der Waals surface area contributed by atoms with Gasteiger partial charge in [0.05, 0.1) is 82.8 Å². The predicted octanol–water partition coefficient (Wildman–Crippen LogP) is 1.11. The van der Waals surface area contributed by atoms with E-state index in [0.29, 0.717) is 56.2 Å². The van der Waals surface area contributed by atoms with Crippen molar-refractivity contribution < 1.29 is 28.8 Å². The molecule has 0 bridgehead atoms. The number of rotatable bonds is 13. The van der Waals surface area contributed by atoms with Gasteiger partial charge < -0.3 is 37.9 Å². The number of aromatic nitrogens is 10. The fourth-order valence-corrected chi connectivity index (χ4v) is 9.02. The lowest BCUT2D eigenvalue weighted by atomic mass is 9.94. The van der Waals surface area contributed by atoms with Gasteiger partial charge in [0.15, 0.2) is 34.5 Å². The molecule has 22 nitrogen and oxygen atoms in total. The highest BCUT2D eigenvalue weighted by Crippen LogP contribution is 2.37. The summed E-state index contributed by atoms with van der Waals surface area (Å²) in [4.78, 5) is 93.7. The van der Waals surface area contributed by atoms with Crippen LogP contribution in [0, 0.1) is 0 Å². The van der Waals surface area contributed by atoms with Crippen molar-refractivity contribution >= 4 is 28.1 Å². The lowest BCUT2D eigenvalue weighted by Crippen LogP contribution is -2.46. The van der Waals surface area contributed by atoms with Crippen LogP contribution in [0.15, 0.2) is 89.0 Å². The van der Waals surface area contributed by atoms with E-state index in [2.05, 4.69) is 9.97 Å². The number of fused-ring (bicyclic) bond motifs is 6. The van der Waals surface area contributed by atoms with Gasteiger partial charge in [-0.15, -0.1) is 0 Å². The molecule has 2 aliphatic rings. The van der Waals surface area contributed by atoms with E-state index in [-0.39, 0.29) is 61.9 Å². The highest BCUT2D eigenvalue weighted by Gasteiger charge is 2.40. The van der Waals surface area contributed by atoms with Gasteiger partial charge in [0.25, 0.3) is 11.1 Å². The monoisotopic (exact) mass is 918 g/mol. The molecule has 0 unspecified atom stereocenters. The summed E-state index contributed by atoms with van der Waals surface area (Å²) < 4.78 is 36.9. The second kappa shape index (κ2) is 16.9. The Balaban J connectivity index is 1.09. The zero-order chi connectivity index (χ0) is 47.6. The fourth-order valence-electron chi connectivity index (χ4n) is 9.02. The summed E-state index contributed by atoms with van der Waals surface area (Å²) in [6.45, 7) is -0.660. The second-order valence-electron chi connectivity index (χ2n) is 16.0. The molecule has 6 heterocycles. The van der Waals surface area contributed by atoms with Crippen LogP contribution in [0.1, 0.15) is 29.0 Å². The summed E-state index contributed by atoms with van der Waals surface area (Å²) in [5, 5.41) is 10.2. The highest BCUT2D eigenvalue weighted by molar-refractivity contribution is 5.80. The van der Waals surface area contributed by atoms with Crippen LogP contribution in [-0.4, -0.2) is 87.6 Å². The number of phenolic OH excluding ortho intramolecular Hbond substituents is 1. The van der Waals surface area contributed by atoms with Crippen LogP contribution in [-0.2, 0) is 53.1 Å². The first-order valence-corrected chi connectivity index (χ1v) is 21.1. The van der Waals surface area contributed by atoms with Crippen molar-refractivity contribution in [2.24, 2.45) is 14.1 Å². The third kappa shape index (κ3) is 7.11. The van der Waals surface area contributed by atoms with Gasteiger partial charge >= 0.3 is 22.8 Å². The van der Waals surface area contributed by atoms with Crippen LogP contribution in [0.4, 0.5) is 0 Å². The van der Waals surface area contributed by atoms with E-state index >= 15 is 0 Å². The summed E-state index contributed by atoms with van der Waals surface area (Å²) in [5.41, 5.74) is -0.353. The summed E-state index contributed by atoms with van der Waals surface area (Å²) >= 11 is 0. The Hall–Kier alpha value is -8.30. The maximum atomic E-state index is 14.5. The molecule has 9 rings (SSSR count). The number of methoxy groups -OCH3 is 5. The fraction of sp³-hybridized carbons (Fsp3) is 0.333. The van der Waals surface area contributed by atoms with E-state index in [1.807, 2.05) is 0 Å². The Morgan fingerprint density at radius 3 is 1.64 bits per heavy atom. The molecule has 0 amide bonds. The maximum absolute atomic E-state index is 14.5. The molecule has 1 N–H and O–H groups in total. The zero-order valence-corrected chi connectivity index (χ0v) is 37.6. The number of hydrogen-bond acceptors (Lipinski definition) is 14. The molecule has 2 atom stereocenters. The summed E-state index contributed by atoms with van der Waals surface area (Å²) in [6, 6.07) is 9.38. The number of aryl methyl sites for hydroxylation is 4. The minimum Gasteiger partial charge on any atom is -0.504 e. The molecule has 0 saturated carbocycles. The molecule has 0 fully saturated rings. The predicted molar refractivity (Wildman–Crippen MR) is 243 cm³/mol. The first-order valence-electron chi connectivity index (χ1n) is 21.1. The van der Waals surface area contributed by atoms with Crippen molar-refractivity contribution in [3.8, 4) is 34.5 Å². The van der Waals surface area contributed by atoms with Gasteiger partial charge in [-0.3, -0.25) is 9.59 Å². The third-order valence-corrected chi connectivity index (χ3v) is 12.5. The average molecular weight is 919 g/mol.